The van der Waals surface area contributed by atoms with Crippen molar-refractivity contribution in [1.82, 2.24) is 0 Å². The number of esters is 2. The predicted molar refractivity (Wildman–Crippen MR) is 243 cm³/mol. The van der Waals surface area contributed by atoms with Crippen LogP contribution in [0.1, 0.15) is 206 Å². The first-order chi connectivity index (χ1) is 30.8. The molecule has 1 aliphatic rings. The fraction of sp³-hybridized carbons (Fsp3) is 0.953. The highest BCUT2D eigenvalue weighted by molar-refractivity contribution is 7.47. The van der Waals surface area contributed by atoms with Gasteiger partial charge >= 0.3 is 35.4 Å². The lowest BCUT2D eigenvalue weighted by molar-refractivity contribution is -0.213. The van der Waals surface area contributed by atoms with Crippen LogP contribution in [-0.4, -0.2) is 108 Å². The predicted octanol–water partition coefficient (Wildman–Crippen LogP) is 8.74. The van der Waals surface area contributed by atoms with Gasteiger partial charge in [-0.3, -0.25) is 27.7 Å². The Labute approximate surface area is 387 Å². The number of ether oxygens (including phenoxy) is 2. The maximum atomic E-state index is 13.1. The minimum Gasteiger partial charge on any atom is -0.462 e. The quantitative estimate of drug-likeness (QED) is 0.0161. The maximum absolute atomic E-state index is 13.1. The third-order valence-corrected chi connectivity index (χ3v) is 13.4. The van der Waals surface area contributed by atoms with Crippen molar-refractivity contribution in [3.63, 3.8) is 0 Å². The van der Waals surface area contributed by atoms with Crippen molar-refractivity contribution in [2.75, 3.05) is 13.2 Å². The van der Waals surface area contributed by atoms with Crippen LogP contribution in [0, 0.1) is 0 Å². The summed E-state index contributed by atoms with van der Waals surface area (Å²) in [6.45, 7) is 2.96. The summed E-state index contributed by atoms with van der Waals surface area (Å²) < 4.78 is 65.5. The molecule has 0 aromatic rings. The van der Waals surface area contributed by atoms with Crippen LogP contribution in [0.2, 0.25) is 0 Å². The first kappa shape index (κ1) is 62.2. The largest absolute Gasteiger partial charge is 0.472 e. The minimum absolute atomic E-state index is 0.00605. The highest BCUT2D eigenvalue weighted by Crippen LogP contribution is 2.51. The summed E-state index contributed by atoms with van der Waals surface area (Å²) in [4.78, 5) is 73.2. The van der Waals surface area contributed by atoms with E-state index in [1.54, 1.807) is 0 Å². The molecule has 0 aromatic heterocycles. The molecule has 22 heteroatoms. The van der Waals surface area contributed by atoms with Gasteiger partial charge in [0.2, 0.25) is 0 Å². The molecule has 1 fully saturated rings. The number of aliphatic hydroxyl groups excluding tert-OH is 3. The molecule has 0 saturated heterocycles. The molecule has 386 valence electrons. The van der Waals surface area contributed by atoms with Crippen LogP contribution in [0.3, 0.4) is 0 Å². The lowest BCUT2D eigenvalue weighted by atomic mass is 9.85. The summed E-state index contributed by atoms with van der Waals surface area (Å²) in [6.07, 6.45) is 15.5. The SMILES string of the molecule is CCCCCCCCCCCCCCCCCC(=O)O[C@H](COC(=O)CCCCCCCCCCCCCCC)COP(=O)(O)O[C@@H]1[C@H](O)[C@H](O)[C@@H](OP(=O)(O)O)[C@H](OP(=O)(O)O)[C@H]1O. The molecule has 1 aliphatic carbocycles. The molecule has 0 aromatic carbocycles. The van der Waals surface area contributed by atoms with Gasteiger partial charge in [-0.15, -0.1) is 0 Å². The van der Waals surface area contributed by atoms with Gasteiger partial charge in [-0.1, -0.05) is 181 Å². The minimum atomic E-state index is -5.59. The zero-order valence-corrected chi connectivity index (χ0v) is 41.8. The van der Waals surface area contributed by atoms with Crippen LogP contribution in [0.15, 0.2) is 0 Å². The number of carbonyl (C=O) groups is 2. The number of aliphatic hydroxyl groups is 3. The van der Waals surface area contributed by atoms with E-state index in [-0.39, 0.29) is 12.8 Å². The zero-order chi connectivity index (χ0) is 48.6. The van der Waals surface area contributed by atoms with Crippen molar-refractivity contribution in [3.8, 4) is 0 Å². The third kappa shape index (κ3) is 32.6. The summed E-state index contributed by atoms with van der Waals surface area (Å²) in [6, 6.07) is 0. The van der Waals surface area contributed by atoms with E-state index in [2.05, 4.69) is 22.9 Å². The van der Waals surface area contributed by atoms with Crippen LogP contribution < -0.4 is 0 Å². The highest BCUT2D eigenvalue weighted by Gasteiger charge is 2.56. The van der Waals surface area contributed by atoms with Gasteiger partial charge < -0.3 is 49.3 Å². The van der Waals surface area contributed by atoms with Gasteiger partial charge in [0.15, 0.2) is 6.10 Å². The first-order valence-electron chi connectivity index (χ1n) is 24.3. The molecule has 0 spiro atoms. The van der Waals surface area contributed by atoms with Crippen molar-refractivity contribution >= 4 is 35.4 Å². The summed E-state index contributed by atoms with van der Waals surface area (Å²) in [7, 11) is -16.6. The molecule has 0 radical (unpaired) electrons. The maximum Gasteiger partial charge on any atom is 0.472 e. The van der Waals surface area contributed by atoms with Crippen LogP contribution in [0.4, 0.5) is 0 Å². The number of hydrogen-bond donors (Lipinski definition) is 8. The number of hydrogen-bond acceptors (Lipinski definition) is 14. The molecule has 8 N–H and O–H groups in total. The smallest absolute Gasteiger partial charge is 0.462 e. The summed E-state index contributed by atoms with van der Waals surface area (Å²) in [5, 5.41) is 31.9. The summed E-state index contributed by atoms with van der Waals surface area (Å²) in [5.41, 5.74) is 0. The van der Waals surface area contributed by atoms with Gasteiger partial charge in [-0.2, -0.15) is 0 Å². The number of rotatable bonds is 42. The van der Waals surface area contributed by atoms with Crippen molar-refractivity contribution in [2.24, 2.45) is 0 Å². The topological polar surface area (TPSA) is 303 Å². The molecule has 1 unspecified atom stereocenters. The van der Waals surface area contributed by atoms with Crippen LogP contribution in [0.5, 0.6) is 0 Å². The number of unbranched alkanes of at least 4 members (excludes halogenated alkanes) is 26. The second-order valence-electron chi connectivity index (χ2n) is 17.4. The molecule has 0 aliphatic heterocycles. The molecule has 8 atom stereocenters. The molecule has 1 rings (SSSR count). The van der Waals surface area contributed by atoms with Crippen molar-refractivity contribution < 1.29 is 90.6 Å². The van der Waals surface area contributed by atoms with E-state index in [0.29, 0.717) is 12.8 Å². The molecule has 0 bridgehead atoms. The van der Waals surface area contributed by atoms with Crippen molar-refractivity contribution in [2.45, 2.75) is 249 Å². The fourth-order valence-corrected chi connectivity index (χ4v) is 9.86. The molecular formula is C43H85O19P3. The van der Waals surface area contributed by atoms with Gasteiger partial charge in [-0.05, 0) is 12.8 Å². The number of carbonyl (C=O) groups excluding carboxylic acids is 2. The molecule has 1 saturated carbocycles. The monoisotopic (exact) mass is 998 g/mol. The molecule has 19 nitrogen and oxygen atoms in total. The van der Waals surface area contributed by atoms with Crippen molar-refractivity contribution in [3.05, 3.63) is 0 Å². The summed E-state index contributed by atoms with van der Waals surface area (Å²) in [5.74, 6) is -1.28. The molecular weight excluding hydrogens is 913 g/mol. The van der Waals surface area contributed by atoms with E-state index in [1.807, 2.05) is 0 Å². The van der Waals surface area contributed by atoms with E-state index in [9.17, 15) is 63.1 Å². The Morgan fingerprint density at radius 3 is 1.12 bits per heavy atom. The van der Waals surface area contributed by atoms with E-state index in [1.165, 1.54) is 116 Å². The van der Waals surface area contributed by atoms with Crippen LogP contribution in [-0.2, 0) is 50.9 Å². The average molecular weight is 999 g/mol. The van der Waals surface area contributed by atoms with Crippen LogP contribution in [0.25, 0.3) is 0 Å². The van der Waals surface area contributed by atoms with Crippen molar-refractivity contribution in [1.29, 1.82) is 0 Å². The second-order valence-corrected chi connectivity index (χ2v) is 21.2. The molecule has 0 heterocycles. The Morgan fingerprint density at radius 2 is 0.754 bits per heavy atom. The van der Waals surface area contributed by atoms with Gasteiger partial charge in [0.05, 0.1) is 6.61 Å². The second kappa shape index (κ2) is 36.1. The third-order valence-electron chi connectivity index (χ3n) is 11.4. The average Bonchev–Trinajstić information content (AvgIpc) is 3.23. The Hall–Kier alpha value is -0.850. The fourth-order valence-electron chi connectivity index (χ4n) is 7.76. The lowest BCUT2D eigenvalue weighted by Gasteiger charge is -2.44. The van der Waals surface area contributed by atoms with Gasteiger partial charge in [0, 0.05) is 12.8 Å². The zero-order valence-electron chi connectivity index (χ0n) is 39.1. The Bertz CT molecular complexity index is 1380. The summed E-state index contributed by atoms with van der Waals surface area (Å²) >= 11 is 0. The first-order valence-corrected chi connectivity index (χ1v) is 28.9. The number of phosphoric acid groups is 3. The highest BCUT2D eigenvalue weighted by atomic mass is 31.2. The standard InChI is InChI=1S/C43H85O19P3/c1-3-5-7-9-11-13-15-17-18-20-22-24-26-28-30-32-37(45)59-35(33-57-36(44)31-29-27-25-23-21-19-16-14-12-10-8-6-4-2)34-58-65(55,56)62-41-38(46)39(47)42(60-63(49,50)51)43(40(41)48)61-64(52,53)54/h35,38-43,46-48H,3-34H2,1-2H3,(H,55,56)(H2,49,50,51)(H2,52,53,54)/t35-,38-,39+,40+,41-,42-,43-/m1/s1. The normalized spacial score (nSPS) is 21.8. The van der Waals surface area contributed by atoms with E-state index >= 15 is 0 Å². The van der Waals surface area contributed by atoms with Gasteiger partial charge in [-0.25, -0.2) is 13.7 Å². The van der Waals surface area contributed by atoms with Gasteiger partial charge in [0.25, 0.3) is 0 Å². The molecule has 65 heavy (non-hydrogen) atoms. The lowest BCUT2D eigenvalue weighted by Crippen LogP contribution is -2.65. The van der Waals surface area contributed by atoms with Crippen LogP contribution >= 0.6 is 23.5 Å². The molecule has 0 amide bonds. The van der Waals surface area contributed by atoms with E-state index in [0.717, 1.165) is 51.4 Å². The Morgan fingerprint density at radius 1 is 0.431 bits per heavy atom. The Balaban J connectivity index is 2.72. The number of phosphoric ester groups is 3. The van der Waals surface area contributed by atoms with E-state index < -0.39 is 91.3 Å². The van der Waals surface area contributed by atoms with E-state index in [4.69, 9.17) is 18.5 Å². The Kier molecular flexibility index (Phi) is 34.6. The van der Waals surface area contributed by atoms with Gasteiger partial charge in [0.1, 0.15) is 43.2 Å².